The third-order valence-corrected chi connectivity index (χ3v) is 6.54. The summed E-state index contributed by atoms with van der Waals surface area (Å²) in [6.07, 6.45) is 2.02. The number of aromatic nitrogens is 2. The number of rotatable bonds is 6. The van der Waals surface area contributed by atoms with E-state index in [0.717, 1.165) is 28.0 Å². The molecule has 1 heterocycles. The van der Waals surface area contributed by atoms with Gasteiger partial charge in [0.15, 0.2) is 5.69 Å². The minimum absolute atomic E-state index is 0.179. The minimum atomic E-state index is -0.261. The molecule has 1 aromatic heterocycles. The molecule has 0 aliphatic heterocycles. The predicted molar refractivity (Wildman–Crippen MR) is 146 cm³/mol. The standard InChI is InChI=1S/C28H24Cl3N3O/c1-17(15-20-9-11-22(29)12-10-20)27-18(2)26(28(35)32-19(3)21-7-5-4-6-8-21)33-34(27)25-14-13-23(30)16-24(25)31/h4-16,19H,1-3H3,(H,32,35)/t19-/m1/s1. The molecule has 4 rings (SSSR count). The summed E-state index contributed by atoms with van der Waals surface area (Å²) in [5.74, 6) is -0.261. The molecule has 0 spiro atoms. The first kappa shape index (κ1) is 25.1. The Balaban J connectivity index is 1.79. The number of carbonyl (C=O) groups is 1. The lowest BCUT2D eigenvalue weighted by atomic mass is 10.0. The molecule has 0 radical (unpaired) electrons. The number of benzene rings is 3. The van der Waals surface area contributed by atoms with E-state index in [9.17, 15) is 4.79 Å². The van der Waals surface area contributed by atoms with E-state index in [-0.39, 0.29) is 11.9 Å². The summed E-state index contributed by atoms with van der Waals surface area (Å²) in [6.45, 7) is 5.82. The Morgan fingerprint density at radius 3 is 2.29 bits per heavy atom. The molecule has 0 saturated carbocycles. The second-order valence-corrected chi connectivity index (χ2v) is 9.59. The Morgan fingerprint density at radius 1 is 0.971 bits per heavy atom. The van der Waals surface area contributed by atoms with E-state index in [1.807, 2.05) is 81.4 Å². The molecule has 178 valence electrons. The molecule has 4 nitrogen and oxygen atoms in total. The summed E-state index contributed by atoms with van der Waals surface area (Å²) < 4.78 is 1.71. The number of hydrogen-bond acceptors (Lipinski definition) is 2. The van der Waals surface area contributed by atoms with Gasteiger partial charge in [-0.1, -0.05) is 77.3 Å². The average Bonchev–Trinajstić information content (AvgIpc) is 3.18. The van der Waals surface area contributed by atoms with E-state index in [0.29, 0.717) is 26.4 Å². The van der Waals surface area contributed by atoms with Gasteiger partial charge in [-0.05, 0) is 73.9 Å². The first-order valence-corrected chi connectivity index (χ1v) is 12.2. The molecule has 35 heavy (non-hydrogen) atoms. The summed E-state index contributed by atoms with van der Waals surface area (Å²) in [5, 5.41) is 9.39. The second kappa shape index (κ2) is 10.7. The number of halogens is 3. The molecule has 1 amide bonds. The van der Waals surface area contributed by atoms with Crippen LogP contribution >= 0.6 is 34.8 Å². The molecule has 0 saturated heterocycles. The van der Waals surface area contributed by atoms with E-state index in [1.165, 1.54) is 0 Å². The maximum atomic E-state index is 13.3. The highest BCUT2D eigenvalue weighted by Crippen LogP contribution is 2.31. The molecule has 3 aromatic carbocycles. The van der Waals surface area contributed by atoms with Gasteiger partial charge >= 0.3 is 0 Å². The molecule has 0 aliphatic carbocycles. The van der Waals surface area contributed by atoms with Gasteiger partial charge in [0, 0.05) is 15.6 Å². The number of carbonyl (C=O) groups excluding carboxylic acids is 1. The van der Waals surface area contributed by atoms with Crippen LogP contribution in [-0.4, -0.2) is 15.7 Å². The fraction of sp³-hybridized carbons (Fsp3) is 0.143. The van der Waals surface area contributed by atoms with Gasteiger partial charge in [0.05, 0.1) is 22.4 Å². The lowest BCUT2D eigenvalue weighted by Crippen LogP contribution is -2.27. The first-order valence-electron chi connectivity index (χ1n) is 11.1. The molecule has 0 bridgehead atoms. The zero-order chi connectivity index (χ0) is 25.1. The van der Waals surface area contributed by atoms with Crippen molar-refractivity contribution in [2.75, 3.05) is 0 Å². The van der Waals surface area contributed by atoms with Gasteiger partial charge in [0.1, 0.15) is 0 Å². The average molecular weight is 525 g/mol. The van der Waals surface area contributed by atoms with Crippen LogP contribution in [-0.2, 0) is 0 Å². The number of nitrogens with zero attached hydrogens (tertiary/aromatic N) is 2. The zero-order valence-electron chi connectivity index (χ0n) is 19.5. The van der Waals surface area contributed by atoms with Crippen molar-refractivity contribution in [3.63, 3.8) is 0 Å². The van der Waals surface area contributed by atoms with E-state index < -0.39 is 0 Å². The fourth-order valence-corrected chi connectivity index (χ4v) is 4.58. The van der Waals surface area contributed by atoms with Gasteiger partial charge in [0.2, 0.25) is 0 Å². The number of allylic oxidation sites excluding steroid dienone is 1. The molecule has 4 aromatic rings. The molecule has 0 aliphatic rings. The molecule has 1 N–H and O–H groups in total. The van der Waals surface area contributed by atoms with E-state index in [2.05, 4.69) is 5.32 Å². The molecule has 7 heteroatoms. The van der Waals surface area contributed by atoms with Crippen LogP contribution < -0.4 is 5.32 Å². The van der Waals surface area contributed by atoms with E-state index >= 15 is 0 Å². The summed E-state index contributed by atoms with van der Waals surface area (Å²) in [4.78, 5) is 13.3. The minimum Gasteiger partial charge on any atom is -0.344 e. The molecule has 1 atom stereocenters. The monoisotopic (exact) mass is 523 g/mol. The van der Waals surface area contributed by atoms with Crippen molar-refractivity contribution in [1.82, 2.24) is 15.1 Å². The molecule has 0 fully saturated rings. The highest BCUT2D eigenvalue weighted by Gasteiger charge is 2.24. The van der Waals surface area contributed by atoms with Gasteiger partial charge in [-0.15, -0.1) is 0 Å². The Morgan fingerprint density at radius 2 is 1.63 bits per heavy atom. The van der Waals surface area contributed by atoms with Crippen LogP contribution in [0.5, 0.6) is 0 Å². The van der Waals surface area contributed by atoms with Crippen molar-refractivity contribution in [1.29, 1.82) is 0 Å². The summed E-state index contributed by atoms with van der Waals surface area (Å²) >= 11 is 18.7. The van der Waals surface area contributed by atoms with Gasteiger partial charge < -0.3 is 5.32 Å². The highest BCUT2D eigenvalue weighted by atomic mass is 35.5. The van der Waals surface area contributed by atoms with Crippen molar-refractivity contribution < 1.29 is 4.79 Å². The molecule has 0 unspecified atom stereocenters. The topological polar surface area (TPSA) is 46.9 Å². The molecular formula is C28H24Cl3N3O. The van der Waals surface area contributed by atoms with Crippen molar-refractivity contribution in [2.45, 2.75) is 26.8 Å². The normalized spacial score (nSPS) is 12.5. The lowest BCUT2D eigenvalue weighted by molar-refractivity contribution is 0.0934. The van der Waals surface area contributed by atoms with Crippen LogP contribution in [0.15, 0.2) is 72.8 Å². The van der Waals surface area contributed by atoms with Crippen molar-refractivity contribution in [2.24, 2.45) is 0 Å². The number of hydrogen-bond donors (Lipinski definition) is 1. The summed E-state index contributed by atoms with van der Waals surface area (Å²) in [6, 6.07) is 22.4. The lowest BCUT2D eigenvalue weighted by Gasteiger charge is -2.13. The second-order valence-electron chi connectivity index (χ2n) is 8.31. The maximum Gasteiger partial charge on any atom is 0.272 e. The zero-order valence-corrected chi connectivity index (χ0v) is 21.8. The van der Waals surface area contributed by atoms with Crippen LogP contribution in [0, 0.1) is 6.92 Å². The third kappa shape index (κ3) is 5.62. The summed E-state index contributed by atoms with van der Waals surface area (Å²) in [5.41, 5.74) is 5.39. The van der Waals surface area contributed by atoms with Gasteiger partial charge in [-0.25, -0.2) is 4.68 Å². The van der Waals surface area contributed by atoms with Gasteiger partial charge in [-0.2, -0.15) is 5.10 Å². The summed E-state index contributed by atoms with van der Waals surface area (Å²) in [7, 11) is 0. The largest absolute Gasteiger partial charge is 0.344 e. The van der Waals surface area contributed by atoms with Crippen molar-refractivity contribution >= 4 is 52.4 Å². The number of nitrogens with one attached hydrogen (secondary N) is 1. The first-order chi connectivity index (χ1) is 16.7. The highest BCUT2D eigenvalue weighted by molar-refractivity contribution is 6.35. The van der Waals surface area contributed by atoms with Crippen molar-refractivity contribution in [3.05, 3.63) is 116 Å². The van der Waals surface area contributed by atoms with Crippen LogP contribution in [0.25, 0.3) is 17.3 Å². The Bertz CT molecular complexity index is 1390. The van der Waals surface area contributed by atoms with Crippen LogP contribution in [0.1, 0.15) is 52.8 Å². The number of amides is 1. The van der Waals surface area contributed by atoms with Crippen LogP contribution in [0.3, 0.4) is 0 Å². The maximum absolute atomic E-state index is 13.3. The molecular weight excluding hydrogens is 501 g/mol. The smallest absolute Gasteiger partial charge is 0.272 e. The third-order valence-electron chi connectivity index (χ3n) is 5.75. The Labute approximate surface area is 220 Å². The Kier molecular flexibility index (Phi) is 7.66. The fourth-order valence-electron chi connectivity index (χ4n) is 3.97. The van der Waals surface area contributed by atoms with Gasteiger partial charge in [0.25, 0.3) is 5.91 Å². The van der Waals surface area contributed by atoms with Crippen LogP contribution in [0.2, 0.25) is 15.1 Å². The predicted octanol–water partition coefficient (Wildman–Crippen LogP) is 8.19. The van der Waals surface area contributed by atoms with Gasteiger partial charge in [-0.3, -0.25) is 4.79 Å². The Hall–Kier alpha value is -3.05. The van der Waals surface area contributed by atoms with E-state index in [4.69, 9.17) is 39.9 Å². The van der Waals surface area contributed by atoms with Crippen LogP contribution in [0.4, 0.5) is 0 Å². The SMILES string of the molecule is CC(=Cc1ccc(Cl)cc1)c1c(C)c(C(=O)N[C@H](C)c2ccccc2)nn1-c1ccc(Cl)cc1Cl. The quantitative estimate of drug-likeness (QED) is 0.276. The van der Waals surface area contributed by atoms with E-state index in [1.54, 1.807) is 22.9 Å². The van der Waals surface area contributed by atoms with Crippen molar-refractivity contribution in [3.8, 4) is 5.69 Å².